The molecule has 5 N–H and O–H groups in total. The van der Waals surface area contributed by atoms with Crippen molar-refractivity contribution in [2.24, 2.45) is 23.7 Å². The van der Waals surface area contributed by atoms with Crippen LogP contribution in [-0.2, 0) is 62.3 Å². The van der Waals surface area contributed by atoms with Gasteiger partial charge in [0.05, 0.1) is 26.2 Å². The fraction of sp³-hybridized carbons (Fsp3) is 0.667. The van der Waals surface area contributed by atoms with Crippen LogP contribution in [0.2, 0.25) is 0 Å². The smallest absolute Gasteiger partial charge is 0.382 e. The summed E-state index contributed by atoms with van der Waals surface area (Å²) in [4.78, 5) is 187. The van der Waals surface area contributed by atoms with Gasteiger partial charge in [-0.2, -0.15) is 13.2 Å². The van der Waals surface area contributed by atoms with Gasteiger partial charge in [0.25, 0.3) is 0 Å². The molecular formula is C72H115F3N12O14. The molecule has 0 radical (unpaired) electrons. The lowest BCUT2D eigenvalue weighted by Gasteiger charge is -2.38. The largest absolute Gasteiger partial charge is 0.416 e. The highest BCUT2D eigenvalue weighted by molar-refractivity contribution is 6.00. The van der Waals surface area contributed by atoms with E-state index in [9.17, 15) is 56.6 Å². The summed E-state index contributed by atoms with van der Waals surface area (Å²) in [6.07, 6.45) is 1.73. The summed E-state index contributed by atoms with van der Waals surface area (Å²) < 4.78 is 46.1. The molecule has 2 aliphatic rings. The van der Waals surface area contributed by atoms with Gasteiger partial charge < -0.3 is 70.3 Å². The molecule has 0 aromatic carbocycles. The van der Waals surface area contributed by atoms with Gasteiger partial charge in [0.1, 0.15) is 60.4 Å². The van der Waals surface area contributed by atoms with E-state index in [-0.39, 0.29) is 56.3 Å². The molecule has 0 aromatic heterocycles. The van der Waals surface area contributed by atoms with Crippen molar-refractivity contribution in [3.63, 3.8) is 0 Å². The Morgan fingerprint density at radius 3 is 1.59 bits per heavy atom. The van der Waals surface area contributed by atoms with Crippen LogP contribution in [0.4, 0.5) is 13.2 Å². The van der Waals surface area contributed by atoms with Crippen LogP contribution in [0, 0.1) is 23.7 Å². The zero-order valence-corrected chi connectivity index (χ0v) is 62.5. The molecule has 0 aliphatic carbocycles. The van der Waals surface area contributed by atoms with Crippen molar-refractivity contribution in [1.29, 1.82) is 0 Å². The number of ether oxygens (including phenoxy) is 1. The third-order valence-corrected chi connectivity index (χ3v) is 18.1. The Morgan fingerprint density at radius 2 is 1.10 bits per heavy atom. The fourth-order valence-corrected chi connectivity index (χ4v) is 12.0. The number of hydrogen-bond acceptors (Lipinski definition) is 14. The maximum absolute atomic E-state index is 15.3. The normalized spacial score (nSPS) is 25.3. The van der Waals surface area contributed by atoms with E-state index >= 15 is 19.2 Å². The van der Waals surface area contributed by atoms with Crippen LogP contribution in [0.1, 0.15) is 133 Å². The molecule has 12 amide bonds. The number of likely N-dealkylation sites (N-methyl/N-ethyl adjacent to an activating group) is 7. The van der Waals surface area contributed by atoms with Gasteiger partial charge in [0.15, 0.2) is 6.10 Å². The second kappa shape index (κ2) is 41.6. The molecule has 0 bridgehead atoms. The topological polar surface area (TPSA) is 308 Å². The number of aliphatic hydroxyl groups is 1. The number of amides is 12. The SMILES string of the molecule is C=C/C=C\C(=C)C[C@H]1C(=O)N(C)[C@@H](C(C)C)C(=O)N[C@@H](COCC(O)C(F)(F)F)C(=O)N(C)CC(=O)N(C)[C@@H](CC(C)C)C(=O)NC(C(=O)N2CCCCC2)CC(=O)N(C)[C@@H](C)C(=O)N[C@@H](CC(C)C)C(=O)N(C)[C@@H](CC)C(=O)N(C)[C@@H](C/C(C=C)=C/C=C)C(=O)N[C@@H](CC(C)C)C(=O)N1C. The molecule has 2 fully saturated rings. The predicted octanol–water partition coefficient (Wildman–Crippen LogP) is 4.30. The summed E-state index contributed by atoms with van der Waals surface area (Å²) in [7, 11) is 9.02. The number of hydrogen-bond donors (Lipinski definition) is 5. The summed E-state index contributed by atoms with van der Waals surface area (Å²) >= 11 is 0. The molecule has 0 spiro atoms. The molecule has 2 heterocycles. The third kappa shape index (κ3) is 26.6. The van der Waals surface area contributed by atoms with Crippen molar-refractivity contribution in [3.05, 3.63) is 73.9 Å². The molecular weight excluding hydrogens is 1310 g/mol. The number of carbonyl (C=O) groups is 12. The van der Waals surface area contributed by atoms with Crippen LogP contribution < -0.4 is 21.3 Å². The first kappa shape index (κ1) is 88.9. The molecule has 568 valence electrons. The highest BCUT2D eigenvalue weighted by Crippen LogP contribution is 2.25. The number of allylic oxidation sites excluding steroid dienone is 6. The summed E-state index contributed by atoms with van der Waals surface area (Å²) in [6.45, 7) is 29.7. The first-order valence-electron chi connectivity index (χ1n) is 34.6. The summed E-state index contributed by atoms with van der Waals surface area (Å²) in [5.41, 5.74) is 0.742. The molecule has 29 heteroatoms. The number of nitrogens with zero attached hydrogens (tertiary/aromatic N) is 8. The number of rotatable bonds is 21. The lowest BCUT2D eigenvalue weighted by atomic mass is 9.96. The Morgan fingerprint density at radius 1 is 0.594 bits per heavy atom. The Balaban J connectivity index is 3.15. The van der Waals surface area contributed by atoms with E-state index in [0.29, 0.717) is 37.1 Å². The van der Waals surface area contributed by atoms with Crippen LogP contribution in [0.15, 0.2) is 73.9 Å². The zero-order chi connectivity index (χ0) is 77.2. The number of likely N-dealkylation sites (tertiary alicyclic amines) is 1. The van der Waals surface area contributed by atoms with Gasteiger partial charge in [-0.05, 0) is 81.1 Å². The van der Waals surface area contributed by atoms with Crippen molar-refractivity contribution in [1.82, 2.24) is 60.5 Å². The number of aliphatic hydroxyl groups excluding tert-OH is 1. The maximum atomic E-state index is 15.3. The van der Waals surface area contributed by atoms with Crippen LogP contribution in [0.25, 0.3) is 0 Å². The summed E-state index contributed by atoms with van der Waals surface area (Å²) in [5, 5.41) is 20.7. The van der Waals surface area contributed by atoms with Crippen LogP contribution in [0.5, 0.6) is 0 Å². The van der Waals surface area contributed by atoms with Gasteiger partial charge in [-0.1, -0.05) is 131 Å². The van der Waals surface area contributed by atoms with E-state index in [4.69, 9.17) is 4.74 Å². The number of piperidine rings is 1. The van der Waals surface area contributed by atoms with Crippen LogP contribution >= 0.6 is 0 Å². The Hall–Kier alpha value is -8.21. The monoisotopic (exact) mass is 1430 g/mol. The number of carbonyl (C=O) groups excluding carboxylic acids is 12. The summed E-state index contributed by atoms with van der Waals surface area (Å²) in [6, 6.07) is -14.6. The second-order valence-electron chi connectivity index (χ2n) is 28.0. The minimum Gasteiger partial charge on any atom is -0.382 e. The first-order chi connectivity index (χ1) is 47.0. The third-order valence-electron chi connectivity index (χ3n) is 18.1. The van der Waals surface area contributed by atoms with Crippen LogP contribution in [0.3, 0.4) is 0 Å². The Bertz CT molecular complexity index is 3000. The number of nitrogens with one attached hydrogen (secondary N) is 4. The molecule has 101 heavy (non-hydrogen) atoms. The number of halogens is 3. The van der Waals surface area contributed by atoms with Gasteiger partial charge in [0, 0.05) is 75.3 Å². The predicted molar refractivity (Wildman–Crippen MR) is 378 cm³/mol. The van der Waals surface area contributed by atoms with Crippen molar-refractivity contribution in [2.45, 2.75) is 206 Å². The average Bonchev–Trinajstić information content (AvgIpc) is 0.819. The second-order valence-corrected chi connectivity index (χ2v) is 28.0. The lowest BCUT2D eigenvalue weighted by Crippen LogP contribution is -2.62. The van der Waals surface area contributed by atoms with Gasteiger partial charge >= 0.3 is 6.18 Å². The van der Waals surface area contributed by atoms with Gasteiger partial charge in [-0.3, -0.25) is 57.5 Å². The Kier molecular flexibility index (Phi) is 36.6. The molecule has 0 aromatic rings. The minimum absolute atomic E-state index is 0.00177. The van der Waals surface area contributed by atoms with Crippen molar-refractivity contribution < 1.29 is 80.5 Å². The average molecular weight is 1430 g/mol. The van der Waals surface area contributed by atoms with Crippen molar-refractivity contribution in [3.8, 4) is 0 Å². The highest BCUT2D eigenvalue weighted by atomic mass is 19.4. The zero-order valence-electron chi connectivity index (χ0n) is 62.5. The first-order valence-corrected chi connectivity index (χ1v) is 34.6. The molecule has 0 saturated carbocycles. The van der Waals surface area contributed by atoms with Gasteiger partial charge in [0.2, 0.25) is 70.9 Å². The maximum Gasteiger partial charge on any atom is 0.416 e. The van der Waals surface area contributed by atoms with Gasteiger partial charge in [-0.15, -0.1) is 0 Å². The Labute approximate surface area is 595 Å². The van der Waals surface area contributed by atoms with E-state index in [2.05, 4.69) is 47.6 Å². The van der Waals surface area contributed by atoms with E-state index < -0.39 is 176 Å². The molecule has 2 unspecified atom stereocenters. The van der Waals surface area contributed by atoms with Crippen molar-refractivity contribution >= 4 is 70.9 Å². The fourth-order valence-electron chi connectivity index (χ4n) is 12.0. The molecule has 26 nitrogen and oxygen atoms in total. The van der Waals surface area contributed by atoms with E-state index in [1.807, 2.05) is 13.8 Å². The van der Waals surface area contributed by atoms with Gasteiger partial charge in [-0.25, -0.2) is 0 Å². The highest BCUT2D eigenvalue weighted by Gasteiger charge is 2.44. The van der Waals surface area contributed by atoms with E-state index in [0.717, 1.165) is 42.9 Å². The van der Waals surface area contributed by atoms with E-state index in [1.54, 1.807) is 54.5 Å². The lowest BCUT2D eigenvalue weighted by molar-refractivity contribution is -0.217. The summed E-state index contributed by atoms with van der Waals surface area (Å²) in [5.74, 6) is -11.7. The number of alkyl halides is 3. The minimum atomic E-state index is -5.16. The molecule has 2 rings (SSSR count). The van der Waals surface area contributed by atoms with Crippen LogP contribution in [-0.4, -0.2) is 270 Å². The molecule has 2 aliphatic heterocycles. The van der Waals surface area contributed by atoms with E-state index in [1.165, 1.54) is 89.4 Å². The quantitative estimate of drug-likeness (QED) is 0.100. The molecule has 11 atom stereocenters. The van der Waals surface area contributed by atoms with Crippen molar-refractivity contribution in [2.75, 3.05) is 82.2 Å². The molecule has 2 saturated heterocycles. The standard InChI is InChI=1S/C72H115F3N12O14/c1-22-26-31-47(13)37-57-71(100)86(21)61(46(11)12)65(94)79-53(41-101-42-58(88)72(73,74)75)66(95)80(15)40-60(90)82(17)55(36-45(9)10)63(92)78-52(69(98)87-32-28-27-29-33-87)39-59(89)81(16)48(14)62(91)76-50(34-43(5)6)67(96)83(18)54(25-4)70(99)84(19)56(38-49(24-3)30-23-2)64(93)77-51(35-44(7)8)68(97)85(57)20/h22-24,26,30-31,43-46,48,50-58,61,88H,1-3,13,25,27-29,32-42H2,4-12,14-21H3,(H,76,91)(H,77,93)(H,78,92)(H,79,94)/b31-26-,49-30+/t48-,50-,51-,52?,53-,54-,55-,56-,57-,58?,61-/m0/s1.